The molecule has 0 spiro atoms. The van der Waals surface area contributed by atoms with Gasteiger partial charge in [-0.2, -0.15) is 0 Å². The average Bonchev–Trinajstić information content (AvgIpc) is 2.54. The van der Waals surface area contributed by atoms with Crippen LogP contribution in [0.2, 0.25) is 0 Å². The van der Waals surface area contributed by atoms with Crippen molar-refractivity contribution in [2.75, 3.05) is 0 Å². The van der Waals surface area contributed by atoms with Gasteiger partial charge in [-0.15, -0.1) is 0 Å². The van der Waals surface area contributed by atoms with E-state index in [4.69, 9.17) is 10.2 Å². The van der Waals surface area contributed by atoms with Crippen LogP contribution in [0.25, 0.3) is 11.0 Å². The molecule has 0 unspecified atom stereocenters. The Kier molecular flexibility index (Phi) is 4.37. The summed E-state index contributed by atoms with van der Waals surface area (Å²) in [5, 5.41) is 10.1. The highest BCUT2D eigenvalue weighted by molar-refractivity contribution is 5.96. The van der Waals surface area contributed by atoms with Crippen LogP contribution < -0.4 is 11.3 Å². The molecule has 3 rings (SSSR count). The van der Waals surface area contributed by atoms with E-state index in [1.54, 1.807) is 19.2 Å². The topological polar surface area (TPSA) is 102 Å². The molecule has 1 aromatic carbocycles. The first-order valence-electron chi connectivity index (χ1n) is 7.85. The molecule has 2 aromatic heterocycles. The molecule has 0 saturated carbocycles. The first kappa shape index (κ1) is 16.9. The normalized spacial score (nSPS) is 11.9. The van der Waals surface area contributed by atoms with E-state index in [1.165, 1.54) is 0 Å². The van der Waals surface area contributed by atoms with Crippen LogP contribution in [0.4, 0.5) is 5.69 Å². The van der Waals surface area contributed by atoms with Crippen LogP contribution in [-0.2, 0) is 6.61 Å². The van der Waals surface area contributed by atoms with E-state index in [2.05, 4.69) is 9.98 Å². The number of primary amides is 1. The fourth-order valence-electron chi connectivity index (χ4n) is 2.81. The molecule has 1 amide bonds. The molecular weight excluding hydrogens is 318 g/mol. The number of benzene rings is 1. The van der Waals surface area contributed by atoms with Gasteiger partial charge in [0.25, 0.3) is 5.91 Å². The molecule has 3 aromatic rings. The third-order valence-electron chi connectivity index (χ3n) is 3.92. The highest BCUT2D eigenvalue weighted by Crippen LogP contribution is 2.22. The fourth-order valence-corrected chi connectivity index (χ4v) is 2.81. The minimum atomic E-state index is -0.646. The second-order valence-electron chi connectivity index (χ2n) is 6.06. The maximum atomic E-state index is 11.9. The Balaban J connectivity index is 2.37. The predicted molar refractivity (Wildman–Crippen MR) is 94.3 cm³/mol. The summed E-state index contributed by atoms with van der Waals surface area (Å²) in [7, 11) is 0. The molecule has 0 saturated heterocycles. The van der Waals surface area contributed by atoms with E-state index in [0.717, 1.165) is 11.1 Å². The minimum Gasteiger partial charge on any atom is -0.436 e. The van der Waals surface area contributed by atoms with Crippen LogP contribution in [0, 0.1) is 20.8 Å². The third-order valence-corrected chi connectivity index (χ3v) is 3.92. The van der Waals surface area contributed by atoms with Gasteiger partial charge in [0, 0.05) is 17.1 Å². The van der Waals surface area contributed by atoms with E-state index in [-0.39, 0.29) is 17.7 Å². The Hall–Kier alpha value is -2.99. The summed E-state index contributed by atoms with van der Waals surface area (Å²) in [6, 6.07) is 7.43. The van der Waals surface area contributed by atoms with Crippen molar-refractivity contribution < 1.29 is 14.3 Å². The Morgan fingerprint density at radius 1 is 1.20 bits per heavy atom. The van der Waals surface area contributed by atoms with Gasteiger partial charge in [0.15, 0.2) is 5.58 Å². The van der Waals surface area contributed by atoms with Crippen molar-refractivity contribution in [2.24, 2.45) is 10.7 Å². The average molecular weight is 337 g/mol. The first-order chi connectivity index (χ1) is 11.9. The number of carbonyl (C=O) groups is 1. The van der Waals surface area contributed by atoms with Crippen molar-refractivity contribution in [1.29, 1.82) is 0 Å². The van der Waals surface area contributed by atoms with Crippen molar-refractivity contribution >= 4 is 22.6 Å². The molecule has 0 aliphatic rings. The van der Waals surface area contributed by atoms with Crippen LogP contribution in [0.5, 0.6) is 0 Å². The van der Waals surface area contributed by atoms with Gasteiger partial charge in [-0.3, -0.25) is 9.78 Å². The zero-order chi connectivity index (χ0) is 18.1. The van der Waals surface area contributed by atoms with Crippen molar-refractivity contribution in [2.45, 2.75) is 27.4 Å². The number of carbonyl (C=O) groups excluding carboxylic acids is 1. The minimum absolute atomic E-state index is 0.130. The van der Waals surface area contributed by atoms with Gasteiger partial charge >= 0.3 is 0 Å². The summed E-state index contributed by atoms with van der Waals surface area (Å²) in [6.07, 6.45) is 1.55. The number of fused-ring (bicyclic) bond motifs is 1. The summed E-state index contributed by atoms with van der Waals surface area (Å²) in [5.74, 6) is -0.646. The van der Waals surface area contributed by atoms with Gasteiger partial charge < -0.3 is 15.3 Å². The van der Waals surface area contributed by atoms with Crippen molar-refractivity contribution in [3.63, 3.8) is 0 Å². The summed E-state index contributed by atoms with van der Waals surface area (Å²) < 4.78 is 5.87. The molecular formula is C19H19N3O3. The molecule has 128 valence electrons. The lowest BCUT2D eigenvalue weighted by Gasteiger charge is -2.07. The highest BCUT2D eigenvalue weighted by atomic mass is 16.3. The Labute approximate surface area is 144 Å². The quantitative estimate of drug-likeness (QED) is 0.767. The molecule has 6 nitrogen and oxygen atoms in total. The van der Waals surface area contributed by atoms with Crippen LogP contribution >= 0.6 is 0 Å². The number of nitrogens with zero attached hydrogens (tertiary/aromatic N) is 2. The Morgan fingerprint density at radius 3 is 2.48 bits per heavy atom. The summed E-state index contributed by atoms with van der Waals surface area (Å²) in [4.78, 5) is 20.6. The number of aromatic nitrogens is 1. The van der Waals surface area contributed by atoms with E-state index in [1.807, 2.05) is 32.0 Å². The smallest absolute Gasteiger partial charge is 0.254 e. The van der Waals surface area contributed by atoms with Gasteiger partial charge in [-0.1, -0.05) is 6.07 Å². The Morgan fingerprint density at radius 2 is 1.88 bits per heavy atom. The molecule has 0 fully saturated rings. The molecule has 0 atom stereocenters. The van der Waals surface area contributed by atoms with E-state index in [0.29, 0.717) is 27.9 Å². The number of aryl methyl sites for hydroxylation is 3. The number of pyridine rings is 1. The zero-order valence-corrected chi connectivity index (χ0v) is 14.3. The SMILES string of the molecule is Cc1cc(C)cc(N=c2oc3c(C)ncc(CO)c3cc2C(N)=O)c1. The zero-order valence-electron chi connectivity index (χ0n) is 14.3. The fraction of sp³-hybridized carbons (Fsp3) is 0.211. The van der Waals surface area contributed by atoms with Crippen LogP contribution in [0.1, 0.15) is 32.7 Å². The number of aliphatic hydroxyl groups is 1. The van der Waals surface area contributed by atoms with Crippen molar-refractivity contribution in [1.82, 2.24) is 4.98 Å². The summed E-state index contributed by atoms with van der Waals surface area (Å²) in [5.41, 5.74) is 10.3. The summed E-state index contributed by atoms with van der Waals surface area (Å²) >= 11 is 0. The number of aliphatic hydroxyl groups excluding tert-OH is 1. The van der Waals surface area contributed by atoms with Gasteiger partial charge in [0.05, 0.1) is 18.0 Å². The number of hydrogen-bond donors (Lipinski definition) is 2. The molecule has 0 bridgehead atoms. The summed E-state index contributed by atoms with van der Waals surface area (Å²) in [6.45, 7) is 5.52. The predicted octanol–water partition coefficient (Wildman–Crippen LogP) is 2.58. The number of amides is 1. The maximum absolute atomic E-state index is 11.9. The highest BCUT2D eigenvalue weighted by Gasteiger charge is 2.14. The van der Waals surface area contributed by atoms with Gasteiger partial charge in [0.1, 0.15) is 5.56 Å². The van der Waals surface area contributed by atoms with Gasteiger partial charge in [-0.05, 0) is 50.1 Å². The largest absolute Gasteiger partial charge is 0.436 e. The number of rotatable bonds is 3. The Bertz CT molecular complexity index is 1030. The third kappa shape index (κ3) is 3.29. The molecule has 6 heteroatoms. The molecule has 25 heavy (non-hydrogen) atoms. The molecule has 2 heterocycles. The lowest BCUT2D eigenvalue weighted by molar-refractivity contribution is 0.0996. The second-order valence-corrected chi connectivity index (χ2v) is 6.06. The van der Waals surface area contributed by atoms with Crippen LogP contribution in [0.3, 0.4) is 0 Å². The standard InChI is InChI=1S/C19H19N3O3/c1-10-4-11(2)6-14(5-10)22-19-16(18(20)24)7-15-13(9-23)8-21-12(3)17(15)25-19/h4-8,23H,9H2,1-3H3,(H2,20,24). The molecule has 0 aliphatic carbocycles. The monoisotopic (exact) mass is 337 g/mol. The molecule has 3 N–H and O–H groups in total. The van der Waals surface area contributed by atoms with E-state index < -0.39 is 5.91 Å². The number of nitrogens with two attached hydrogens (primary N) is 1. The van der Waals surface area contributed by atoms with E-state index in [9.17, 15) is 9.90 Å². The first-order valence-corrected chi connectivity index (χ1v) is 7.85. The lowest BCUT2D eigenvalue weighted by Crippen LogP contribution is -2.22. The van der Waals surface area contributed by atoms with Crippen molar-refractivity contribution in [3.05, 3.63) is 64.0 Å². The molecule has 0 aliphatic heterocycles. The van der Waals surface area contributed by atoms with Crippen LogP contribution in [-0.4, -0.2) is 16.0 Å². The number of hydrogen-bond acceptors (Lipinski definition) is 5. The van der Waals surface area contributed by atoms with Gasteiger partial charge in [0.2, 0.25) is 5.55 Å². The van der Waals surface area contributed by atoms with Gasteiger partial charge in [-0.25, -0.2) is 4.99 Å². The van der Waals surface area contributed by atoms with Crippen molar-refractivity contribution in [3.8, 4) is 0 Å². The second kappa shape index (κ2) is 6.49. The van der Waals surface area contributed by atoms with Crippen LogP contribution in [0.15, 0.2) is 39.9 Å². The lowest BCUT2D eigenvalue weighted by atomic mass is 10.1. The molecule has 0 radical (unpaired) electrons. The van der Waals surface area contributed by atoms with E-state index >= 15 is 0 Å². The maximum Gasteiger partial charge on any atom is 0.254 e.